The van der Waals surface area contributed by atoms with Crippen LogP contribution in [0.5, 0.6) is 0 Å². The van der Waals surface area contributed by atoms with Gasteiger partial charge in [0.2, 0.25) is 0 Å². The van der Waals surface area contributed by atoms with Crippen molar-refractivity contribution in [3.8, 4) is 11.1 Å². The highest BCUT2D eigenvalue weighted by atomic mass is 35.5. The highest BCUT2D eigenvalue weighted by Gasteiger charge is 2.14. The molecular formula is C30H38ClN3O. The largest absolute Gasteiger partial charge is 0.352 e. The molecule has 1 amide bonds. The van der Waals surface area contributed by atoms with Gasteiger partial charge in [-0.2, -0.15) is 0 Å². The first-order chi connectivity index (χ1) is 16.9. The number of nitrogens with one attached hydrogen (secondary N) is 1. The summed E-state index contributed by atoms with van der Waals surface area (Å²) in [7, 11) is 4.26. The second-order valence-corrected chi connectivity index (χ2v) is 9.92. The monoisotopic (exact) mass is 491 g/mol. The number of likely N-dealkylation sites (N-methyl/N-ethyl adjacent to an activating group) is 1. The van der Waals surface area contributed by atoms with E-state index in [1.54, 1.807) is 0 Å². The molecule has 0 spiro atoms. The third-order valence-electron chi connectivity index (χ3n) is 6.20. The fraction of sp³-hybridized carbons (Fsp3) is 0.367. The lowest BCUT2D eigenvalue weighted by molar-refractivity contribution is 0.0954. The first-order valence-electron chi connectivity index (χ1n) is 12.5. The van der Waals surface area contributed by atoms with Gasteiger partial charge in [-0.25, -0.2) is 0 Å². The number of carbonyl (C=O) groups excluding carboxylic acids is 1. The summed E-state index contributed by atoms with van der Waals surface area (Å²) < 4.78 is 0. The van der Waals surface area contributed by atoms with Crippen LogP contribution in [0.1, 0.15) is 41.8 Å². The zero-order chi connectivity index (χ0) is 25.2. The maximum atomic E-state index is 12.6. The van der Waals surface area contributed by atoms with Crippen molar-refractivity contribution in [2.24, 2.45) is 0 Å². The van der Waals surface area contributed by atoms with Crippen LogP contribution in [0.15, 0.2) is 72.8 Å². The third-order valence-corrected chi connectivity index (χ3v) is 6.45. The molecule has 0 bridgehead atoms. The zero-order valence-electron chi connectivity index (χ0n) is 21.4. The number of hydrogen-bond donors (Lipinski definition) is 1. The number of benzene rings is 3. The molecule has 0 saturated carbocycles. The third kappa shape index (κ3) is 8.50. The number of amides is 1. The molecule has 35 heavy (non-hydrogen) atoms. The number of rotatable bonds is 12. The standard InChI is InChI=1S/C30H38ClN3O/c1-5-20-34(23(2)21-33(3)4)22-25-8-6-24(7-9-25)18-19-32-30(35)28-12-10-26(11-13-28)27-14-16-29(31)17-15-27/h6-17,23H,5,18-22H2,1-4H3,(H,32,35). The van der Waals surface area contributed by atoms with Crippen LogP contribution in [-0.2, 0) is 13.0 Å². The first-order valence-corrected chi connectivity index (χ1v) is 12.8. The van der Waals surface area contributed by atoms with E-state index in [9.17, 15) is 4.79 Å². The fourth-order valence-electron chi connectivity index (χ4n) is 4.31. The Bertz CT molecular complexity index is 1050. The molecule has 0 aliphatic carbocycles. The van der Waals surface area contributed by atoms with Gasteiger partial charge < -0.3 is 10.2 Å². The molecule has 0 aliphatic heterocycles. The van der Waals surface area contributed by atoms with Gasteiger partial charge in [0.1, 0.15) is 0 Å². The smallest absolute Gasteiger partial charge is 0.251 e. The molecule has 4 nitrogen and oxygen atoms in total. The maximum absolute atomic E-state index is 12.6. The summed E-state index contributed by atoms with van der Waals surface area (Å²) in [5.74, 6) is -0.0469. The van der Waals surface area contributed by atoms with Gasteiger partial charge in [-0.1, -0.05) is 67.1 Å². The lowest BCUT2D eigenvalue weighted by atomic mass is 10.0. The average molecular weight is 492 g/mol. The highest BCUT2D eigenvalue weighted by molar-refractivity contribution is 6.30. The number of carbonyl (C=O) groups is 1. The Morgan fingerprint density at radius 2 is 1.46 bits per heavy atom. The summed E-state index contributed by atoms with van der Waals surface area (Å²) in [5.41, 5.74) is 5.37. The second-order valence-electron chi connectivity index (χ2n) is 9.49. The van der Waals surface area contributed by atoms with E-state index in [4.69, 9.17) is 11.6 Å². The van der Waals surface area contributed by atoms with Gasteiger partial charge in [0.15, 0.2) is 0 Å². The number of nitrogens with zero attached hydrogens (tertiary/aromatic N) is 2. The summed E-state index contributed by atoms with van der Waals surface area (Å²) in [4.78, 5) is 17.4. The van der Waals surface area contributed by atoms with Crippen LogP contribution < -0.4 is 5.32 Å². The van der Waals surface area contributed by atoms with Crippen LogP contribution in [0.4, 0.5) is 0 Å². The van der Waals surface area contributed by atoms with Crippen molar-refractivity contribution in [2.75, 3.05) is 33.7 Å². The molecule has 0 aliphatic rings. The molecule has 0 heterocycles. The van der Waals surface area contributed by atoms with Crippen LogP contribution in [0.2, 0.25) is 5.02 Å². The summed E-state index contributed by atoms with van der Waals surface area (Å²) in [6.07, 6.45) is 1.96. The Hall–Kier alpha value is -2.66. The highest BCUT2D eigenvalue weighted by Crippen LogP contribution is 2.22. The van der Waals surface area contributed by atoms with Crippen molar-refractivity contribution >= 4 is 17.5 Å². The molecular weight excluding hydrogens is 454 g/mol. The molecule has 1 atom stereocenters. The second kappa shape index (κ2) is 13.4. The van der Waals surface area contributed by atoms with E-state index in [0.717, 1.165) is 43.6 Å². The Kier molecular flexibility index (Phi) is 10.3. The van der Waals surface area contributed by atoms with E-state index in [-0.39, 0.29) is 5.91 Å². The van der Waals surface area contributed by atoms with Crippen LogP contribution in [0.25, 0.3) is 11.1 Å². The molecule has 0 saturated heterocycles. The predicted octanol–water partition coefficient (Wildman–Crippen LogP) is 6.14. The van der Waals surface area contributed by atoms with Crippen LogP contribution >= 0.6 is 11.6 Å². The first kappa shape index (κ1) is 26.9. The minimum Gasteiger partial charge on any atom is -0.352 e. The molecule has 5 heteroatoms. The molecule has 1 N–H and O–H groups in total. The predicted molar refractivity (Wildman–Crippen MR) is 148 cm³/mol. The van der Waals surface area contributed by atoms with Crippen molar-refractivity contribution in [1.29, 1.82) is 0 Å². The lowest BCUT2D eigenvalue weighted by Gasteiger charge is -2.31. The SMILES string of the molecule is CCCN(Cc1ccc(CCNC(=O)c2ccc(-c3ccc(Cl)cc3)cc2)cc1)C(C)CN(C)C. The average Bonchev–Trinajstić information content (AvgIpc) is 2.85. The maximum Gasteiger partial charge on any atom is 0.251 e. The summed E-state index contributed by atoms with van der Waals surface area (Å²) in [5, 5.41) is 3.76. The van der Waals surface area contributed by atoms with Crippen LogP contribution in [0.3, 0.4) is 0 Å². The molecule has 0 fully saturated rings. The van der Waals surface area contributed by atoms with E-state index in [2.05, 4.69) is 67.3 Å². The Morgan fingerprint density at radius 1 is 0.886 bits per heavy atom. The zero-order valence-corrected chi connectivity index (χ0v) is 22.2. The molecule has 0 radical (unpaired) electrons. The van der Waals surface area contributed by atoms with Crippen molar-refractivity contribution < 1.29 is 4.79 Å². The van der Waals surface area contributed by atoms with E-state index in [1.165, 1.54) is 11.1 Å². The molecule has 3 rings (SSSR count). The minimum absolute atomic E-state index is 0.0469. The Balaban J connectivity index is 1.48. The molecule has 186 valence electrons. The van der Waals surface area contributed by atoms with Crippen molar-refractivity contribution in [3.63, 3.8) is 0 Å². The molecule has 0 aromatic heterocycles. The normalized spacial score (nSPS) is 12.2. The van der Waals surface area contributed by atoms with Crippen molar-refractivity contribution in [3.05, 3.63) is 94.5 Å². The van der Waals surface area contributed by atoms with Gasteiger partial charge in [-0.3, -0.25) is 9.69 Å². The van der Waals surface area contributed by atoms with Crippen molar-refractivity contribution in [1.82, 2.24) is 15.1 Å². The van der Waals surface area contributed by atoms with E-state index in [0.29, 0.717) is 23.2 Å². The molecule has 3 aromatic carbocycles. The summed E-state index contributed by atoms with van der Waals surface area (Å²) >= 11 is 5.97. The minimum atomic E-state index is -0.0469. The molecule has 1 unspecified atom stereocenters. The van der Waals surface area contributed by atoms with E-state index in [1.807, 2.05) is 48.5 Å². The molecule has 3 aromatic rings. The van der Waals surface area contributed by atoms with Gasteiger partial charge in [0, 0.05) is 36.3 Å². The van der Waals surface area contributed by atoms with Gasteiger partial charge >= 0.3 is 0 Å². The lowest BCUT2D eigenvalue weighted by Crippen LogP contribution is -2.40. The van der Waals surface area contributed by atoms with Crippen molar-refractivity contribution in [2.45, 2.75) is 39.3 Å². The van der Waals surface area contributed by atoms with Gasteiger partial charge in [0.05, 0.1) is 0 Å². The van der Waals surface area contributed by atoms with Gasteiger partial charge in [-0.05, 0) is 86.9 Å². The Labute approximate surface area is 215 Å². The number of halogens is 1. The van der Waals surface area contributed by atoms with Gasteiger partial charge in [-0.15, -0.1) is 0 Å². The fourth-order valence-corrected chi connectivity index (χ4v) is 4.44. The quantitative estimate of drug-likeness (QED) is 0.330. The van der Waals surface area contributed by atoms with E-state index < -0.39 is 0 Å². The van der Waals surface area contributed by atoms with E-state index >= 15 is 0 Å². The number of hydrogen-bond acceptors (Lipinski definition) is 3. The van der Waals surface area contributed by atoms with Gasteiger partial charge in [0.25, 0.3) is 5.91 Å². The topological polar surface area (TPSA) is 35.6 Å². The van der Waals surface area contributed by atoms with Crippen LogP contribution in [0, 0.1) is 0 Å². The summed E-state index contributed by atoms with van der Waals surface area (Å²) in [6, 6.07) is 24.7. The Morgan fingerprint density at radius 3 is 2.03 bits per heavy atom. The van der Waals surface area contributed by atoms with Crippen LogP contribution in [-0.4, -0.2) is 55.5 Å². The summed E-state index contributed by atoms with van der Waals surface area (Å²) in [6.45, 7) is 8.27.